The SMILES string of the molecule is Cc1cc(C)cc(OCC#CCCl)c1. The van der Waals surface area contributed by atoms with Crippen LogP contribution in [0.4, 0.5) is 0 Å². The zero-order chi connectivity index (χ0) is 10.4. The minimum absolute atomic E-state index is 0.357. The summed E-state index contributed by atoms with van der Waals surface area (Å²) in [6.45, 7) is 4.49. The molecule has 1 rings (SSSR count). The van der Waals surface area contributed by atoms with Gasteiger partial charge < -0.3 is 4.74 Å². The van der Waals surface area contributed by atoms with Crippen molar-refractivity contribution in [1.82, 2.24) is 0 Å². The molecule has 14 heavy (non-hydrogen) atoms. The van der Waals surface area contributed by atoms with E-state index in [4.69, 9.17) is 16.3 Å². The number of aryl methyl sites for hydroxylation is 2. The Balaban J connectivity index is 2.58. The lowest BCUT2D eigenvalue weighted by Gasteiger charge is -2.04. The molecule has 1 aromatic rings. The summed E-state index contributed by atoms with van der Waals surface area (Å²) in [5, 5.41) is 0. The molecule has 74 valence electrons. The van der Waals surface area contributed by atoms with Gasteiger partial charge in [0.05, 0.1) is 5.88 Å². The van der Waals surface area contributed by atoms with Gasteiger partial charge in [0, 0.05) is 0 Å². The van der Waals surface area contributed by atoms with E-state index in [-0.39, 0.29) is 0 Å². The molecule has 0 unspecified atom stereocenters. The molecule has 0 aliphatic rings. The van der Waals surface area contributed by atoms with E-state index in [1.807, 2.05) is 26.0 Å². The Morgan fingerprint density at radius 1 is 1.14 bits per heavy atom. The van der Waals surface area contributed by atoms with Crippen molar-refractivity contribution in [3.8, 4) is 17.6 Å². The van der Waals surface area contributed by atoms with Crippen molar-refractivity contribution in [3.05, 3.63) is 29.3 Å². The third-order valence-corrected chi connectivity index (χ3v) is 1.83. The lowest BCUT2D eigenvalue weighted by Crippen LogP contribution is -1.94. The van der Waals surface area contributed by atoms with E-state index in [0.29, 0.717) is 12.5 Å². The Labute approximate surface area is 90.0 Å². The number of rotatable bonds is 2. The highest BCUT2D eigenvalue weighted by atomic mass is 35.5. The topological polar surface area (TPSA) is 9.23 Å². The first-order valence-corrected chi connectivity index (χ1v) is 4.98. The van der Waals surface area contributed by atoms with E-state index >= 15 is 0 Å². The Hall–Kier alpha value is -1.13. The van der Waals surface area contributed by atoms with Crippen molar-refractivity contribution >= 4 is 11.6 Å². The van der Waals surface area contributed by atoms with E-state index in [1.165, 1.54) is 11.1 Å². The first-order valence-electron chi connectivity index (χ1n) is 4.45. The fourth-order valence-electron chi connectivity index (χ4n) is 1.23. The van der Waals surface area contributed by atoms with Crippen molar-refractivity contribution in [1.29, 1.82) is 0 Å². The summed E-state index contributed by atoms with van der Waals surface area (Å²) < 4.78 is 5.44. The average molecular weight is 209 g/mol. The molecule has 0 bridgehead atoms. The Kier molecular flexibility index (Phi) is 4.35. The molecule has 0 N–H and O–H groups in total. The van der Waals surface area contributed by atoms with Crippen LogP contribution in [0.2, 0.25) is 0 Å². The molecule has 0 saturated heterocycles. The predicted molar refractivity (Wildman–Crippen MR) is 59.9 cm³/mol. The summed E-state index contributed by atoms with van der Waals surface area (Å²) in [5.41, 5.74) is 2.40. The third-order valence-electron chi connectivity index (χ3n) is 1.70. The number of hydrogen-bond donors (Lipinski definition) is 0. The maximum atomic E-state index is 5.44. The van der Waals surface area contributed by atoms with Crippen LogP contribution in [-0.2, 0) is 0 Å². The zero-order valence-electron chi connectivity index (χ0n) is 8.43. The fourth-order valence-corrected chi connectivity index (χ4v) is 1.33. The summed E-state index contributed by atoms with van der Waals surface area (Å²) in [5.74, 6) is 6.78. The van der Waals surface area contributed by atoms with Gasteiger partial charge in [0.1, 0.15) is 12.4 Å². The van der Waals surface area contributed by atoms with Crippen molar-refractivity contribution < 1.29 is 4.74 Å². The van der Waals surface area contributed by atoms with Gasteiger partial charge in [-0.05, 0) is 37.1 Å². The van der Waals surface area contributed by atoms with Crippen LogP contribution in [0, 0.1) is 25.7 Å². The van der Waals surface area contributed by atoms with Crippen LogP contribution in [0.5, 0.6) is 5.75 Å². The number of benzene rings is 1. The smallest absolute Gasteiger partial charge is 0.149 e. The molecule has 0 aliphatic carbocycles. The van der Waals surface area contributed by atoms with E-state index in [0.717, 1.165) is 5.75 Å². The molecule has 0 aliphatic heterocycles. The van der Waals surface area contributed by atoms with Crippen LogP contribution in [0.25, 0.3) is 0 Å². The van der Waals surface area contributed by atoms with Gasteiger partial charge in [0.15, 0.2) is 0 Å². The number of ether oxygens (including phenoxy) is 1. The van der Waals surface area contributed by atoms with Crippen molar-refractivity contribution in [2.45, 2.75) is 13.8 Å². The Morgan fingerprint density at radius 2 is 1.79 bits per heavy atom. The van der Waals surface area contributed by atoms with Gasteiger partial charge in [0.25, 0.3) is 0 Å². The largest absolute Gasteiger partial charge is 0.481 e. The van der Waals surface area contributed by atoms with Gasteiger partial charge in [-0.25, -0.2) is 0 Å². The van der Waals surface area contributed by atoms with Gasteiger partial charge in [-0.3, -0.25) is 0 Å². The second-order valence-corrected chi connectivity index (χ2v) is 3.37. The normalized spacial score (nSPS) is 9.07. The van der Waals surface area contributed by atoms with Crippen LogP contribution in [-0.4, -0.2) is 12.5 Å². The quantitative estimate of drug-likeness (QED) is 0.537. The van der Waals surface area contributed by atoms with Gasteiger partial charge in [-0.15, -0.1) is 11.6 Å². The van der Waals surface area contributed by atoms with Crippen LogP contribution in [0.1, 0.15) is 11.1 Å². The first-order chi connectivity index (χ1) is 6.72. The summed E-state index contributed by atoms with van der Waals surface area (Å²) in [7, 11) is 0. The summed E-state index contributed by atoms with van der Waals surface area (Å²) in [6, 6.07) is 6.10. The van der Waals surface area contributed by atoms with Gasteiger partial charge in [0.2, 0.25) is 0 Å². The third kappa shape index (κ3) is 3.72. The molecule has 0 fully saturated rings. The highest BCUT2D eigenvalue weighted by Crippen LogP contribution is 2.15. The molecule has 0 radical (unpaired) electrons. The predicted octanol–water partition coefficient (Wildman–Crippen LogP) is 2.92. The maximum Gasteiger partial charge on any atom is 0.149 e. The highest BCUT2D eigenvalue weighted by Gasteiger charge is 1.94. The highest BCUT2D eigenvalue weighted by molar-refractivity contribution is 6.19. The molecular formula is C12H13ClO. The average Bonchev–Trinajstić information content (AvgIpc) is 2.11. The number of alkyl halides is 1. The van der Waals surface area contributed by atoms with Crippen LogP contribution >= 0.6 is 11.6 Å². The summed E-state index contributed by atoms with van der Waals surface area (Å²) >= 11 is 5.40. The van der Waals surface area contributed by atoms with Crippen molar-refractivity contribution in [2.24, 2.45) is 0 Å². The number of halogens is 1. The molecule has 0 heterocycles. The molecule has 0 aromatic heterocycles. The Morgan fingerprint density at radius 3 is 2.36 bits per heavy atom. The second kappa shape index (κ2) is 5.57. The van der Waals surface area contributed by atoms with E-state index < -0.39 is 0 Å². The molecule has 1 nitrogen and oxygen atoms in total. The Bertz CT molecular complexity index is 340. The molecule has 0 amide bonds. The second-order valence-electron chi connectivity index (χ2n) is 3.10. The van der Waals surface area contributed by atoms with E-state index in [1.54, 1.807) is 0 Å². The molecule has 1 aromatic carbocycles. The van der Waals surface area contributed by atoms with Crippen LogP contribution < -0.4 is 4.74 Å². The first kappa shape index (κ1) is 10.9. The minimum Gasteiger partial charge on any atom is -0.481 e. The molecule has 0 saturated carbocycles. The van der Waals surface area contributed by atoms with E-state index in [9.17, 15) is 0 Å². The van der Waals surface area contributed by atoms with Crippen LogP contribution in [0.15, 0.2) is 18.2 Å². The van der Waals surface area contributed by atoms with E-state index in [2.05, 4.69) is 17.9 Å². The molecule has 0 spiro atoms. The summed E-state index contributed by atoms with van der Waals surface area (Å²) in [4.78, 5) is 0. The van der Waals surface area contributed by atoms with Crippen molar-refractivity contribution in [2.75, 3.05) is 12.5 Å². The molecular weight excluding hydrogens is 196 g/mol. The lowest BCUT2D eigenvalue weighted by atomic mass is 10.1. The lowest BCUT2D eigenvalue weighted by molar-refractivity contribution is 0.369. The standard InChI is InChI=1S/C12H13ClO/c1-10-7-11(2)9-12(8-10)14-6-4-3-5-13/h7-9H,5-6H2,1-2H3. The summed E-state index contributed by atoms with van der Waals surface area (Å²) in [6.07, 6.45) is 0. The molecule has 0 atom stereocenters. The fraction of sp³-hybridized carbons (Fsp3) is 0.333. The van der Waals surface area contributed by atoms with Gasteiger partial charge >= 0.3 is 0 Å². The minimum atomic E-state index is 0.357. The number of hydrogen-bond acceptors (Lipinski definition) is 1. The van der Waals surface area contributed by atoms with Crippen LogP contribution in [0.3, 0.4) is 0 Å². The van der Waals surface area contributed by atoms with Gasteiger partial charge in [-0.2, -0.15) is 0 Å². The van der Waals surface area contributed by atoms with Crippen molar-refractivity contribution in [3.63, 3.8) is 0 Å². The maximum absolute atomic E-state index is 5.44. The monoisotopic (exact) mass is 208 g/mol. The molecule has 2 heteroatoms. The zero-order valence-corrected chi connectivity index (χ0v) is 9.19. The van der Waals surface area contributed by atoms with Gasteiger partial charge in [-0.1, -0.05) is 17.9 Å².